The first-order valence-electron chi connectivity index (χ1n) is 6.70. The second kappa shape index (κ2) is 5.85. The highest BCUT2D eigenvalue weighted by molar-refractivity contribution is 7.90. The van der Waals surface area contributed by atoms with Gasteiger partial charge < -0.3 is 9.80 Å². The zero-order chi connectivity index (χ0) is 15.6. The molecule has 0 radical (unpaired) electrons. The monoisotopic (exact) mass is 310 g/mol. The molecule has 1 saturated heterocycles. The van der Waals surface area contributed by atoms with Gasteiger partial charge in [-0.05, 0) is 31.2 Å². The quantitative estimate of drug-likeness (QED) is 0.809. The predicted octanol–water partition coefficient (Wildman–Crippen LogP) is 0.394. The summed E-state index contributed by atoms with van der Waals surface area (Å²) in [4.78, 5) is 27.5. The maximum atomic E-state index is 12.3. The van der Waals surface area contributed by atoms with E-state index in [-0.39, 0.29) is 23.3 Å². The van der Waals surface area contributed by atoms with Crippen LogP contribution in [0.2, 0.25) is 0 Å². The van der Waals surface area contributed by atoms with Crippen LogP contribution in [0.5, 0.6) is 0 Å². The summed E-state index contributed by atoms with van der Waals surface area (Å²) in [6.45, 7) is 3.64. The molecule has 1 aromatic carbocycles. The fourth-order valence-electron chi connectivity index (χ4n) is 2.24. The first-order chi connectivity index (χ1) is 9.82. The molecule has 7 heteroatoms. The molecule has 1 aliphatic rings. The number of likely N-dealkylation sites (N-methyl/N-ethyl adjacent to an activating group) is 1. The van der Waals surface area contributed by atoms with Gasteiger partial charge in [-0.1, -0.05) is 0 Å². The molecule has 2 amide bonds. The van der Waals surface area contributed by atoms with Crippen molar-refractivity contribution in [3.05, 3.63) is 29.8 Å². The summed E-state index contributed by atoms with van der Waals surface area (Å²) < 4.78 is 22.8. The molecule has 1 heterocycles. The van der Waals surface area contributed by atoms with E-state index >= 15 is 0 Å². The average molecular weight is 310 g/mol. The van der Waals surface area contributed by atoms with Crippen LogP contribution >= 0.6 is 0 Å². The van der Waals surface area contributed by atoms with Crippen molar-refractivity contribution in [2.45, 2.75) is 11.8 Å². The highest BCUT2D eigenvalue weighted by Crippen LogP contribution is 2.13. The molecule has 6 nitrogen and oxygen atoms in total. The van der Waals surface area contributed by atoms with Crippen molar-refractivity contribution in [2.75, 3.05) is 32.4 Å². The molecule has 0 unspecified atom stereocenters. The Labute approximate surface area is 124 Å². The summed E-state index contributed by atoms with van der Waals surface area (Å²) in [6, 6.07) is 5.78. The van der Waals surface area contributed by atoms with Crippen LogP contribution in [0.1, 0.15) is 17.3 Å². The minimum absolute atomic E-state index is 0.0649. The number of hydrogen-bond acceptors (Lipinski definition) is 4. The van der Waals surface area contributed by atoms with E-state index in [4.69, 9.17) is 0 Å². The van der Waals surface area contributed by atoms with Gasteiger partial charge in [0.15, 0.2) is 9.84 Å². The van der Waals surface area contributed by atoms with Crippen LogP contribution in [-0.2, 0) is 14.6 Å². The lowest BCUT2D eigenvalue weighted by atomic mass is 10.2. The fourth-order valence-corrected chi connectivity index (χ4v) is 2.87. The Kier molecular flexibility index (Phi) is 4.32. The lowest BCUT2D eigenvalue weighted by molar-refractivity contribution is -0.134. The van der Waals surface area contributed by atoms with Gasteiger partial charge in [-0.3, -0.25) is 9.59 Å². The van der Waals surface area contributed by atoms with Gasteiger partial charge in [0.05, 0.1) is 4.90 Å². The van der Waals surface area contributed by atoms with E-state index in [2.05, 4.69) is 0 Å². The number of benzene rings is 1. The Bertz CT molecular complexity index is 652. The largest absolute Gasteiger partial charge is 0.340 e. The van der Waals surface area contributed by atoms with Crippen molar-refractivity contribution >= 4 is 21.7 Å². The fraction of sp³-hybridized carbons (Fsp3) is 0.429. The van der Waals surface area contributed by atoms with Gasteiger partial charge in [-0.2, -0.15) is 0 Å². The molecule has 1 aromatic rings. The van der Waals surface area contributed by atoms with Crippen LogP contribution in [0.3, 0.4) is 0 Å². The molecule has 2 rings (SSSR count). The molecule has 0 saturated carbocycles. The number of rotatable bonds is 3. The summed E-state index contributed by atoms with van der Waals surface area (Å²) in [5.41, 5.74) is 0.389. The van der Waals surface area contributed by atoms with Crippen LogP contribution in [0.15, 0.2) is 29.2 Å². The number of carbonyl (C=O) groups is 2. The Morgan fingerprint density at radius 3 is 2.29 bits per heavy atom. The number of amides is 2. The molecule has 0 bridgehead atoms. The van der Waals surface area contributed by atoms with Crippen molar-refractivity contribution in [1.29, 1.82) is 0 Å². The lowest BCUT2D eigenvalue weighted by Crippen LogP contribution is -2.52. The minimum Gasteiger partial charge on any atom is -0.340 e. The van der Waals surface area contributed by atoms with Crippen molar-refractivity contribution in [3.63, 3.8) is 0 Å². The van der Waals surface area contributed by atoms with Crippen LogP contribution in [0.25, 0.3) is 0 Å². The number of hydrogen-bond donors (Lipinski definition) is 0. The van der Waals surface area contributed by atoms with E-state index < -0.39 is 9.84 Å². The van der Waals surface area contributed by atoms with Gasteiger partial charge in [-0.15, -0.1) is 0 Å². The van der Waals surface area contributed by atoms with E-state index in [0.29, 0.717) is 25.2 Å². The van der Waals surface area contributed by atoms with E-state index in [1.54, 1.807) is 4.90 Å². The third-order valence-corrected chi connectivity index (χ3v) is 4.65. The molecular weight excluding hydrogens is 292 g/mol. The first kappa shape index (κ1) is 15.5. The van der Waals surface area contributed by atoms with Gasteiger partial charge in [0.1, 0.15) is 6.54 Å². The molecule has 0 atom stereocenters. The van der Waals surface area contributed by atoms with E-state index in [0.717, 1.165) is 6.26 Å². The molecule has 21 heavy (non-hydrogen) atoms. The van der Waals surface area contributed by atoms with Gasteiger partial charge in [0.25, 0.3) is 5.91 Å². The Hall–Kier alpha value is -1.89. The molecular formula is C14H18N2O4S. The summed E-state index contributed by atoms with van der Waals surface area (Å²) in [5, 5.41) is 0. The molecule has 1 aliphatic heterocycles. The standard InChI is InChI=1S/C14H18N2O4S/c1-3-15-8-9-16(10-13(15)17)14(18)11-4-6-12(7-5-11)21(2,19)20/h4-7H,3,8-10H2,1-2H3. The third-order valence-electron chi connectivity index (χ3n) is 3.52. The summed E-state index contributed by atoms with van der Waals surface area (Å²) in [5.74, 6) is -0.316. The lowest BCUT2D eigenvalue weighted by Gasteiger charge is -2.33. The smallest absolute Gasteiger partial charge is 0.254 e. The predicted molar refractivity (Wildman–Crippen MR) is 77.7 cm³/mol. The normalized spacial score (nSPS) is 16.2. The molecule has 114 valence electrons. The minimum atomic E-state index is -3.28. The van der Waals surface area contributed by atoms with Crippen LogP contribution in [-0.4, -0.2) is 62.5 Å². The zero-order valence-electron chi connectivity index (χ0n) is 12.1. The molecule has 0 spiro atoms. The van der Waals surface area contributed by atoms with Crippen LogP contribution in [0.4, 0.5) is 0 Å². The van der Waals surface area contributed by atoms with Gasteiger partial charge in [-0.25, -0.2) is 8.42 Å². The van der Waals surface area contributed by atoms with Crippen molar-refractivity contribution in [2.24, 2.45) is 0 Å². The Morgan fingerprint density at radius 1 is 1.19 bits per heavy atom. The number of carbonyl (C=O) groups excluding carboxylic acids is 2. The summed E-state index contributed by atoms with van der Waals surface area (Å²) in [6.07, 6.45) is 1.12. The SMILES string of the molecule is CCN1CCN(C(=O)c2ccc(S(C)(=O)=O)cc2)CC1=O. The second-order valence-electron chi connectivity index (χ2n) is 5.00. The Morgan fingerprint density at radius 2 is 1.81 bits per heavy atom. The average Bonchev–Trinajstić information content (AvgIpc) is 2.45. The molecule has 0 aromatic heterocycles. The third kappa shape index (κ3) is 3.41. The van der Waals surface area contributed by atoms with E-state index in [9.17, 15) is 18.0 Å². The van der Waals surface area contributed by atoms with Crippen molar-refractivity contribution in [3.8, 4) is 0 Å². The maximum Gasteiger partial charge on any atom is 0.254 e. The van der Waals surface area contributed by atoms with Gasteiger partial charge in [0.2, 0.25) is 5.91 Å². The first-order valence-corrected chi connectivity index (χ1v) is 8.59. The van der Waals surface area contributed by atoms with E-state index in [1.165, 1.54) is 29.2 Å². The van der Waals surface area contributed by atoms with Crippen molar-refractivity contribution in [1.82, 2.24) is 9.80 Å². The maximum absolute atomic E-state index is 12.3. The molecule has 1 fully saturated rings. The summed E-state index contributed by atoms with van der Waals surface area (Å²) in [7, 11) is -3.28. The topological polar surface area (TPSA) is 74.8 Å². The molecule has 0 N–H and O–H groups in total. The molecule has 0 aliphatic carbocycles. The number of nitrogens with zero attached hydrogens (tertiary/aromatic N) is 2. The van der Waals surface area contributed by atoms with E-state index in [1.807, 2.05) is 6.92 Å². The van der Waals surface area contributed by atoms with Crippen LogP contribution < -0.4 is 0 Å². The van der Waals surface area contributed by atoms with Gasteiger partial charge >= 0.3 is 0 Å². The zero-order valence-corrected chi connectivity index (χ0v) is 12.9. The highest BCUT2D eigenvalue weighted by Gasteiger charge is 2.26. The summed E-state index contributed by atoms with van der Waals surface area (Å²) >= 11 is 0. The number of piperazine rings is 1. The highest BCUT2D eigenvalue weighted by atomic mass is 32.2. The second-order valence-corrected chi connectivity index (χ2v) is 7.01. The van der Waals surface area contributed by atoms with Gasteiger partial charge in [0, 0.05) is 31.5 Å². The van der Waals surface area contributed by atoms with Crippen molar-refractivity contribution < 1.29 is 18.0 Å². The van der Waals surface area contributed by atoms with Crippen LogP contribution in [0, 0.1) is 0 Å². The number of sulfone groups is 1. The Balaban J connectivity index is 2.12.